The molecule has 2 saturated heterocycles. The molecule has 0 radical (unpaired) electrons. The summed E-state index contributed by atoms with van der Waals surface area (Å²) in [6.07, 6.45) is 10.4. The molecule has 29 heavy (non-hydrogen) atoms. The van der Waals surface area contributed by atoms with E-state index in [1.807, 2.05) is 12.1 Å². The molecule has 3 aromatic rings. The summed E-state index contributed by atoms with van der Waals surface area (Å²) in [7, 11) is 0. The maximum Gasteiger partial charge on any atom is 0.232 e. The Morgan fingerprint density at radius 1 is 0.862 bits per heavy atom. The molecule has 2 N–H and O–H groups in total. The van der Waals surface area contributed by atoms with Crippen LogP contribution in [0.3, 0.4) is 0 Å². The molecule has 2 bridgehead atoms. The number of aromatic nitrogens is 3. The average Bonchev–Trinajstić information content (AvgIpc) is 3.26. The Balaban J connectivity index is 1.33. The smallest absolute Gasteiger partial charge is 0.232 e. The predicted octanol–water partition coefficient (Wildman–Crippen LogP) is 4.16. The number of pyridine rings is 1. The standard InChI is InChI=1S/C23H27N5O/c24-20-11-12-21(19-7-2-1-6-18(19)20)29-17-10-13-22-25-26-23(27(22)14-17)28-15-4-3-5-16(28)9-8-15/h1-2,6-7,10,13-16,20-21H,3-5,8-9,11-12,24H2/t15?,16?,20-,21+/m0/s1. The molecular weight excluding hydrogens is 362 g/mol. The molecule has 6 nitrogen and oxygen atoms in total. The molecule has 0 amide bonds. The largest absolute Gasteiger partial charge is 0.484 e. The van der Waals surface area contributed by atoms with Crippen molar-refractivity contribution < 1.29 is 4.74 Å². The number of hydrogen-bond acceptors (Lipinski definition) is 5. The zero-order chi connectivity index (χ0) is 19.4. The molecular formula is C23H27N5O. The zero-order valence-corrected chi connectivity index (χ0v) is 16.6. The van der Waals surface area contributed by atoms with Crippen LogP contribution in [0.1, 0.15) is 68.2 Å². The van der Waals surface area contributed by atoms with Crippen LogP contribution in [0, 0.1) is 0 Å². The normalized spacial score (nSPS) is 28.5. The van der Waals surface area contributed by atoms with Crippen LogP contribution < -0.4 is 15.4 Å². The Kier molecular flexibility index (Phi) is 4.01. The molecule has 150 valence electrons. The second kappa shape index (κ2) is 6.73. The first-order chi connectivity index (χ1) is 14.3. The van der Waals surface area contributed by atoms with Gasteiger partial charge in [-0.25, -0.2) is 0 Å². The first-order valence-corrected chi connectivity index (χ1v) is 10.9. The summed E-state index contributed by atoms with van der Waals surface area (Å²) in [5.74, 6) is 1.84. The van der Waals surface area contributed by atoms with Gasteiger partial charge in [0.2, 0.25) is 5.95 Å². The number of rotatable bonds is 3. The van der Waals surface area contributed by atoms with Crippen molar-refractivity contribution in [1.29, 1.82) is 0 Å². The lowest BCUT2D eigenvalue weighted by atomic mass is 9.86. The van der Waals surface area contributed by atoms with Gasteiger partial charge in [-0.05, 0) is 68.2 Å². The average molecular weight is 390 g/mol. The van der Waals surface area contributed by atoms with Crippen LogP contribution in [0.5, 0.6) is 5.75 Å². The lowest BCUT2D eigenvalue weighted by Gasteiger charge is -2.34. The number of nitrogens with zero attached hydrogens (tertiary/aromatic N) is 4. The summed E-state index contributed by atoms with van der Waals surface area (Å²) in [4.78, 5) is 2.52. The van der Waals surface area contributed by atoms with E-state index in [1.54, 1.807) is 0 Å². The summed E-state index contributed by atoms with van der Waals surface area (Å²) in [6, 6.07) is 13.7. The Morgan fingerprint density at radius 2 is 1.66 bits per heavy atom. The van der Waals surface area contributed by atoms with Crippen LogP contribution in [0.2, 0.25) is 0 Å². The summed E-state index contributed by atoms with van der Waals surface area (Å²) >= 11 is 0. The first-order valence-electron chi connectivity index (χ1n) is 10.9. The highest BCUT2D eigenvalue weighted by atomic mass is 16.5. The number of fused-ring (bicyclic) bond motifs is 4. The molecule has 2 fully saturated rings. The molecule has 2 unspecified atom stereocenters. The monoisotopic (exact) mass is 389 g/mol. The molecule has 4 atom stereocenters. The number of ether oxygens (including phenoxy) is 1. The van der Waals surface area contributed by atoms with E-state index in [4.69, 9.17) is 10.5 Å². The van der Waals surface area contributed by atoms with Gasteiger partial charge in [-0.2, -0.15) is 0 Å². The Bertz CT molecular complexity index is 1030. The third-order valence-corrected chi connectivity index (χ3v) is 7.04. The van der Waals surface area contributed by atoms with Crippen molar-refractivity contribution in [2.45, 2.75) is 69.2 Å². The second-order valence-electron chi connectivity index (χ2n) is 8.74. The van der Waals surface area contributed by atoms with E-state index in [2.05, 4.69) is 50.0 Å². The van der Waals surface area contributed by atoms with E-state index in [1.165, 1.54) is 43.2 Å². The van der Waals surface area contributed by atoms with E-state index in [0.717, 1.165) is 30.2 Å². The minimum atomic E-state index is 0.0366. The van der Waals surface area contributed by atoms with Crippen LogP contribution in [-0.4, -0.2) is 26.7 Å². The van der Waals surface area contributed by atoms with Crippen molar-refractivity contribution in [1.82, 2.24) is 14.6 Å². The van der Waals surface area contributed by atoms with Gasteiger partial charge >= 0.3 is 0 Å². The first kappa shape index (κ1) is 17.3. The predicted molar refractivity (Wildman–Crippen MR) is 112 cm³/mol. The minimum absolute atomic E-state index is 0.0366. The van der Waals surface area contributed by atoms with Crippen molar-refractivity contribution >= 4 is 11.6 Å². The summed E-state index contributed by atoms with van der Waals surface area (Å²) in [6.45, 7) is 0. The summed E-state index contributed by atoms with van der Waals surface area (Å²) in [5.41, 5.74) is 9.61. The molecule has 1 aromatic carbocycles. The van der Waals surface area contributed by atoms with Crippen LogP contribution in [0.15, 0.2) is 42.6 Å². The van der Waals surface area contributed by atoms with Crippen molar-refractivity contribution in [2.75, 3.05) is 4.90 Å². The third kappa shape index (κ3) is 2.81. The SMILES string of the molecule is N[C@H]1CC[C@@H](Oc2ccc3nnc(N4C5CCCC4CC5)n3c2)c2ccccc21. The zero-order valence-electron chi connectivity index (χ0n) is 16.6. The fraction of sp³-hybridized carbons (Fsp3) is 0.478. The highest BCUT2D eigenvalue weighted by molar-refractivity contribution is 5.51. The number of anilines is 1. The number of nitrogens with two attached hydrogens (primary N) is 1. The Hall–Kier alpha value is -2.60. The molecule has 2 aliphatic heterocycles. The maximum atomic E-state index is 6.47. The van der Waals surface area contributed by atoms with Gasteiger partial charge in [-0.15, -0.1) is 10.2 Å². The molecule has 4 heterocycles. The number of benzene rings is 1. The van der Waals surface area contributed by atoms with Crippen molar-refractivity contribution in [3.63, 3.8) is 0 Å². The van der Waals surface area contributed by atoms with E-state index >= 15 is 0 Å². The highest BCUT2D eigenvalue weighted by Gasteiger charge is 2.38. The molecule has 1 aliphatic carbocycles. The fourth-order valence-electron chi connectivity index (χ4n) is 5.62. The van der Waals surface area contributed by atoms with Gasteiger partial charge in [0.1, 0.15) is 11.9 Å². The lowest BCUT2D eigenvalue weighted by Crippen LogP contribution is -2.40. The van der Waals surface area contributed by atoms with Gasteiger partial charge in [-0.3, -0.25) is 4.40 Å². The van der Waals surface area contributed by atoms with Crippen LogP contribution in [0.4, 0.5) is 5.95 Å². The lowest BCUT2D eigenvalue weighted by molar-refractivity contribution is 0.176. The van der Waals surface area contributed by atoms with E-state index in [9.17, 15) is 0 Å². The van der Waals surface area contributed by atoms with Crippen LogP contribution in [-0.2, 0) is 0 Å². The summed E-state index contributed by atoms with van der Waals surface area (Å²) < 4.78 is 8.59. The highest BCUT2D eigenvalue weighted by Crippen LogP contribution is 2.40. The molecule has 6 heteroatoms. The van der Waals surface area contributed by atoms with Gasteiger partial charge in [0.15, 0.2) is 5.65 Å². The van der Waals surface area contributed by atoms with E-state index in [0.29, 0.717) is 12.1 Å². The molecule has 3 aliphatic rings. The van der Waals surface area contributed by atoms with Gasteiger partial charge in [-0.1, -0.05) is 24.3 Å². The van der Waals surface area contributed by atoms with Crippen molar-refractivity contribution in [3.05, 3.63) is 53.7 Å². The molecule has 6 rings (SSSR count). The molecule has 0 saturated carbocycles. The van der Waals surface area contributed by atoms with Gasteiger partial charge in [0, 0.05) is 18.1 Å². The second-order valence-corrected chi connectivity index (χ2v) is 8.74. The fourth-order valence-corrected chi connectivity index (χ4v) is 5.62. The van der Waals surface area contributed by atoms with E-state index in [-0.39, 0.29) is 12.1 Å². The van der Waals surface area contributed by atoms with Crippen molar-refractivity contribution in [3.8, 4) is 5.75 Å². The molecule has 2 aromatic heterocycles. The Labute approximate surface area is 170 Å². The Morgan fingerprint density at radius 3 is 2.48 bits per heavy atom. The quantitative estimate of drug-likeness (QED) is 0.728. The third-order valence-electron chi connectivity index (χ3n) is 7.04. The summed E-state index contributed by atoms with van der Waals surface area (Å²) in [5, 5.41) is 8.98. The minimum Gasteiger partial charge on any atom is -0.484 e. The van der Waals surface area contributed by atoms with Gasteiger partial charge in [0.25, 0.3) is 0 Å². The molecule has 0 spiro atoms. The topological polar surface area (TPSA) is 68.7 Å². The number of hydrogen-bond donors (Lipinski definition) is 1. The number of piperidine rings is 1. The van der Waals surface area contributed by atoms with Crippen LogP contribution in [0.25, 0.3) is 5.65 Å². The van der Waals surface area contributed by atoms with Gasteiger partial charge in [0.05, 0.1) is 6.20 Å². The van der Waals surface area contributed by atoms with Crippen molar-refractivity contribution in [2.24, 2.45) is 5.73 Å². The van der Waals surface area contributed by atoms with Crippen LogP contribution >= 0.6 is 0 Å². The van der Waals surface area contributed by atoms with E-state index < -0.39 is 0 Å². The van der Waals surface area contributed by atoms with Gasteiger partial charge < -0.3 is 15.4 Å². The maximum absolute atomic E-state index is 6.47.